The smallest absolute Gasteiger partial charge is 0.0726 e. The Morgan fingerprint density at radius 2 is 2.06 bits per heavy atom. The fourth-order valence-corrected chi connectivity index (χ4v) is 2.25. The van der Waals surface area contributed by atoms with Gasteiger partial charge in [-0.3, -0.25) is 10.8 Å². The fourth-order valence-electron chi connectivity index (χ4n) is 2.25. The number of nitrogens with one attached hydrogen (secondary N) is 1. The van der Waals surface area contributed by atoms with E-state index in [-0.39, 0.29) is 0 Å². The van der Waals surface area contributed by atoms with E-state index in [2.05, 4.69) is 42.5 Å². The number of nitrogens with two attached hydrogens (primary N) is 1. The Bertz CT molecular complexity index is 561. The Kier molecular flexibility index (Phi) is 3.82. The van der Waals surface area contributed by atoms with Gasteiger partial charge in [-0.25, -0.2) is 0 Å². The molecule has 0 aliphatic heterocycles. The fraction of sp³-hybridized carbons (Fsp3) is 0.400. The average Bonchev–Trinajstić information content (AvgIpc) is 2.38. The summed E-state index contributed by atoms with van der Waals surface area (Å²) in [6.07, 6.45) is 3.55. The van der Waals surface area contributed by atoms with Crippen molar-refractivity contribution in [3.63, 3.8) is 0 Å². The summed E-state index contributed by atoms with van der Waals surface area (Å²) < 4.78 is 0. The van der Waals surface area contributed by atoms with Crippen molar-refractivity contribution < 1.29 is 0 Å². The number of pyridine rings is 1. The number of hydrazine groups is 1. The Morgan fingerprint density at radius 1 is 1.28 bits per heavy atom. The van der Waals surface area contributed by atoms with E-state index in [1.165, 1.54) is 18.4 Å². The van der Waals surface area contributed by atoms with Crippen LogP contribution in [0.15, 0.2) is 18.2 Å². The summed E-state index contributed by atoms with van der Waals surface area (Å²) in [5.41, 5.74) is 8.32. The second kappa shape index (κ2) is 5.36. The van der Waals surface area contributed by atoms with Crippen LogP contribution in [-0.2, 0) is 6.42 Å². The summed E-state index contributed by atoms with van der Waals surface area (Å²) >= 11 is 0. The van der Waals surface area contributed by atoms with Crippen LogP contribution in [0.25, 0.3) is 10.9 Å². The average molecular weight is 243 g/mol. The third-order valence-corrected chi connectivity index (χ3v) is 3.50. The summed E-state index contributed by atoms with van der Waals surface area (Å²) in [6, 6.07) is 6.47. The van der Waals surface area contributed by atoms with E-state index in [1.807, 2.05) is 6.92 Å². The number of fused-ring (bicyclic) bond motifs is 1. The summed E-state index contributed by atoms with van der Waals surface area (Å²) in [7, 11) is 0. The van der Waals surface area contributed by atoms with Crippen molar-refractivity contribution in [2.75, 3.05) is 5.43 Å². The minimum absolute atomic E-state index is 0.996. The number of aromatic nitrogens is 1. The molecular formula is C15H21N3. The molecule has 0 bridgehead atoms. The first-order valence-corrected chi connectivity index (χ1v) is 6.53. The number of hydrogen-bond donors (Lipinski definition) is 2. The van der Waals surface area contributed by atoms with Crippen LogP contribution < -0.4 is 11.3 Å². The molecule has 96 valence electrons. The zero-order valence-electron chi connectivity index (χ0n) is 11.4. The van der Waals surface area contributed by atoms with Crippen LogP contribution in [0.3, 0.4) is 0 Å². The van der Waals surface area contributed by atoms with Crippen molar-refractivity contribution in [2.45, 2.75) is 40.0 Å². The number of rotatable bonds is 4. The van der Waals surface area contributed by atoms with Crippen LogP contribution >= 0.6 is 0 Å². The number of aryl methyl sites for hydroxylation is 2. The summed E-state index contributed by atoms with van der Waals surface area (Å²) in [5.74, 6) is 5.66. The molecule has 1 aromatic heterocycles. The molecule has 0 aliphatic carbocycles. The summed E-state index contributed by atoms with van der Waals surface area (Å²) in [6.45, 7) is 6.28. The maximum Gasteiger partial charge on any atom is 0.0726 e. The molecule has 1 heterocycles. The maximum absolute atomic E-state index is 5.66. The molecule has 3 heteroatoms. The molecule has 0 fully saturated rings. The molecule has 0 atom stereocenters. The molecule has 0 saturated heterocycles. The van der Waals surface area contributed by atoms with Crippen molar-refractivity contribution in [2.24, 2.45) is 5.84 Å². The summed E-state index contributed by atoms with van der Waals surface area (Å²) in [5, 5.41) is 1.12. The number of nitrogen functional groups attached to an aromatic ring is 1. The first-order chi connectivity index (χ1) is 8.67. The number of hydrogen-bond acceptors (Lipinski definition) is 3. The van der Waals surface area contributed by atoms with Gasteiger partial charge in [0.1, 0.15) is 0 Å². The van der Waals surface area contributed by atoms with E-state index in [4.69, 9.17) is 5.84 Å². The van der Waals surface area contributed by atoms with E-state index < -0.39 is 0 Å². The Labute approximate surface area is 108 Å². The lowest BCUT2D eigenvalue weighted by Gasteiger charge is -2.12. The van der Waals surface area contributed by atoms with Crippen LogP contribution in [0, 0.1) is 13.8 Å². The van der Waals surface area contributed by atoms with Crippen molar-refractivity contribution >= 4 is 16.6 Å². The van der Waals surface area contributed by atoms with Gasteiger partial charge in [0, 0.05) is 11.1 Å². The second-order valence-corrected chi connectivity index (χ2v) is 4.80. The standard InChI is InChI=1S/C15H21N3/c1-4-5-6-12-7-8-14-13(9-12)15(18-16)10(2)11(3)17-14/h7-9H,4-6,16H2,1-3H3,(H,17,18). The van der Waals surface area contributed by atoms with Gasteiger partial charge in [0.25, 0.3) is 0 Å². The van der Waals surface area contributed by atoms with Crippen LogP contribution in [0.2, 0.25) is 0 Å². The Balaban J connectivity index is 2.56. The lowest BCUT2D eigenvalue weighted by molar-refractivity contribution is 0.796. The first kappa shape index (κ1) is 12.8. The first-order valence-electron chi connectivity index (χ1n) is 6.53. The Morgan fingerprint density at radius 3 is 2.72 bits per heavy atom. The topological polar surface area (TPSA) is 50.9 Å². The molecule has 3 N–H and O–H groups in total. The number of unbranched alkanes of at least 4 members (excludes halogenated alkanes) is 1. The molecule has 0 aliphatic rings. The SMILES string of the molecule is CCCCc1ccc2nc(C)c(C)c(NN)c2c1. The molecule has 3 nitrogen and oxygen atoms in total. The monoisotopic (exact) mass is 243 g/mol. The van der Waals surface area contributed by atoms with Gasteiger partial charge in [0.2, 0.25) is 0 Å². The largest absolute Gasteiger partial charge is 0.323 e. The van der Waals surface area contributed by atoms with Gasteiger partial charge in [-0.1, -0.05) is 19.4 Å². The van der Waals surface area contributed by atoms with Gasteiger partial charge >= 0.3 is 0 Å². The van der Waals surface area contributed by atoms with E-state index in [1.54, 1.807) is 0 Å². The molecule has 0 spiro atoms. The number of nitrogens with zero attached hydrogens (tertiary/aromatic N) is 1. The van der Waals surface area contributed by atoms with Crippen LogP contribution in [0.5, 0.6) is 0 Å². The maximum atomic E-state index is 5.66. The third-order valence-electron chi connectivity index (χ3n) is 3.50. The van der Waals surface area contributed by atoms with Crippen LogP contribution in [-0.4, -0.2) is 4.98 Å². The molecule has 0 amide bonds. The third kappa shape index (κ3) is 2.31. The zero-order valence-corrected chi connectivity index (χ0v) is 11.4. The lowest BCUT2D eigenvalue weighted by Crippen LogP contribution is -2.10. The zero-order chi connectivity index (χ0) is 13.1. The van der Waals surface area contributed by atoms with Crippen molar-refractivity contribution in [3.8, 4) is 0 Å². The minimum Gasteiger partial charge on any atom is -0.323 e. The minimum atomic E-state index is 0.996. The molecule has 2 aromatic rings. The molecule has 18 heavy (non-hydrogen) atoms. The van der Waals surface area contributed by atoms with Gasteiger partial charge in [0.15, 0.2) is 0 Å². The van der Waals surface area contributed by atoms with E-state index >= 15 is 0 Å². The van der Waals surface area contributed by atoms with E-state index in [0.29, 0.717) is 0 Å². The predicted molar refractivity (Wildman–Crippen MR) is 77.6 cm³/mol. The Hall–Kier alpha value is -1.61. The van der Waals surface area contributed by atoms with Gasteiger partial charge in [-0.15, -0.1) is 0 Å². The quantitative estimate of drug-likeness (QED) is 0.638. The number of anilines is 1. The molecule has 0 radical (unpaired) electrons. The van der Waals surface area contributed by atoms with E-state index in [0.717, 1.165) is 34.3 Å². The second-order valence-electron chi connectivity index (χ2n) is 4.80. The normalized spacial score (nSPS) is 10.9. The molecule has 1 aromatic carbocycles. The molecule has 2 rings (SSSR count). The highest BCUT2D eigenvalue weighted by atomic mass is 15.2. The highest BCUT2D eigenvalue weighted by Crippen LogP contribution is 2.28. The van der Waals surface area contributed by atoms with Gasteiger partial charge in [-0.2, -0.15) is 0 Å². The molecular weight excluding hydrogens is 222 g/mol. The highest BCUT2D eigenvalue weighted by Gasteiger charge is 2.08. The molecule has 0 unspecified atom stereocenters. The predicted octanol–water partition coefficient (Wildman–Crippen LogP) is 3.48. The number of benzene rings is 1. The van der Waals surface area contributed by atoms with Crippen LogP contribution in [0.4, 0.5) is 5.69 Å². The van der Waals surface area contributed by atoms with E-state index in [9.17, 15) is 0 Å². The van der Waals surface area contributed by atoms with Crippen molar-refractivity contribution in [1.29, 1.82) is 0 Å². The molecule has 0 saturated carbocycles. The highest BCUT2D eigenvalue weighted by molar-refractivity contribution is 5.93. The van der Waals surface area contributed by atoms with Crippen molar-refractivity contribution in [3.05, 3.63) is 35.0 Å². The van der Waals surface area contributed by atoms with Gasteiger partial charge in [-0.05, 0) is 49.9 Å². The van der Waals surface area contributed by atoms with Gasteiger partial charge in [0.05, 0.1) is 11.2 Å². The van der Waals surface area contributed by atoms with Gasteiger partial charge < -0.3 is 5.43 Å². The van der Waals surface area contributed by atoms with Crippen molar-refractivity contribution in [1.82, 2.24) is 4.98 Å². The lowest BCUT2D eigenvalue weighted by atomic mass is 10.0. The van der Waals surface area contributed by atoms with Crippen LogP contribution in [0.1, 0.15) is 36.6 Å². The summed E-state index contributed by atoms with van der Waals surface area (Å²) in [4.78, 5) is 4.61.